The van der Waals surface area contributed by atoms with Gasteiger partial charge in [-0.3, -0.25) is 4.98 Å². The van der Waals surface area contributed by atoms with Gasteiger partial charge in [0.15, 0.2) is 5.82 Å². The van der Waals surface area contributed by atoms with Crippen molar-refractivity contribution in [3.8, 4) is 35.4 Å². The van der Waals surface area contributed by atoms with E-state index in [0.29, 0.717) is 41.7 Å². The molecule has 7 rings (SSSR count). The van der Waals surface area contributed by atoms with Gasteiger partial charge in [0.2, 0.25) is 0 Å². The molecule has 2 unspecified atom stereocenters. The lowest BCUT2D eigenvalue weighted by molar-refractivity contribution is -0.117. The molecule has 2 bridgehead atoms. The van der Waals surface area contributed by atoms with Crippen molar-refractivity contribution < 1.29 is 23.4 Å². The van der Waals surface area contributed by atoms with Gasteiger partial charge in [-0.05, 0) is 69.2 Å². The first-order valence-electron chi connectivity index (χ1n) is 19.6. The Morgan fingerprint density at radius 1 is 0.981 bits per heavy atom. The second-order valence-corrected chi connectivity index (χ2v) is 14.5. The van der Waals surface area contributed by atoms with Crippen LogP contribution in [0.15, 0.2) is 30.5 Å². The fourth-order valence-electron chi connectivity index (χ4n) is 7.99. The molecule has 0 aliphatic carbocycles. The monoisotopic (exact) mass is 741 g/mol. The lowest BCUT2D eigenvalue weighted by Gasteiger charge is -2.34. The molecule has 5 heterocycles. The molecule has 2 N–H and O–H groups in total. The van der Waals surface area contributed by atoms with Crippen molar-refractivity contribution in [3.63, 3.8) is 0 Å². The molecule has 0 saturated carbocycles. The molecular formula is C42H53F2N7O3. The largest absolute Gasteiger partial charge is 0.508 e. The van der Waals surface area contributed by atoms with E-state index in [0.717, 1.165) is 84.5 Å². The van der Waals surface area contributed by atoms with Crippen LogP contribution in [-0.2, 0) is 4.79 Å². The quantitative estimate of drug-likeness (QED) is 0.107. The predicted octanol–water partition coefficient (Wildman–Crippen LogP) is 6.70. The number of Topliss-reactive ketones (excluding diaryl/α,β-unsaturated/α-hetero) is 1. The number of nitrogens with zero attached hydrogens (tertiary/aromatic N) is 6. The number of pyridine rings is 1. The second-order valence-electron chi connectivity index (χ2n) is 14.5. The van der Waals surface area contributed by atoms with Gasteiger partial charge in [-0.1, -0.05) is 38.7 Å². The molecule has 2 aromatic heterocycles. The number of terminal acetylenes is 1. The van der Waals surface area contributed by atoms with Gasteiger partial charge >= 0.3 is 6.01 Å². The number of piperazine rings is 2. The first kappa shape index (κ1) is 39.3. The van der Waals surface area contributed by atoms with Crippen LogP contribution in [0, 0.1) is 24.0 Å². The Morgan fingerprint density at radius 2 is 1.67 bits per heavy atom. The van der Waals surface area contributed by atoms with Crippen LogP contribution in [0.3, 0.4) is 0 Å². The number of phenolic OH excluding ortho intramolecular Hbond substituents is 1. The summed E-state index contributed by atoms with van der Waals surface area (Å²) in [5.41, 5.74) is 0.0884. The van der Waals surface area contributed by atoms with Crippen LogP contribution in [0.1, 0.15) is 77.7 Å². The van der Waals surface area contributed by atoms with Crippen LogP contribution < -0.4 is 15.0 Å². The lowest BCUT2D eigenvalue weighted by atomic mass is 9.96. The number of carbonyl (C=O) groups excluding carboxylic acids is 1. The van der Waals surface area contributed by atoms with E-state index in [2.05, 4.69) is 35.9 Å². The van der Waals surface area contributed by atoms with Crippen LogP contribution in [0.25, 0.3) is 32.9 Å². The summed E-state index contributed by atoms with van der Waals surface area (Å²) in [6.07, 6.45) is 15.3. The summed E-state index contributed by atoms with van der Waals surface area (Å²) in [5, 5.41) is 15.4. The Balaban J connectivity index is 0.00000245. The van der Waals surface area contributed by atoms with Gasteiger partial charge in [0.05, 0.1) is 17.6 Å². The molecule has 3 aliphatic heterocycles. The molecule has 0 spiro atoms. The Labute approximate surface area is 317 Å². The van der Waals surface area contributed by atoms with Crippen molar-refractivity contribution in [2.75, 3.05) is 63.9 Å². The van der Waals surface area contributed by atoms with Crippen LogP contribution in [0.4, 0.5) is 14.6 Å². The van der Waals surface area contributed by atoms with E-state index >= 15 is 4.39 Å². The van der Waals surface area contributed by atoms with Crippen molar-refractivity contribution in [1.29, 1.82) is 0 Å². The Morgan fingerprint density at radius 3 is 2.35 bits per heavy atom. The summed E-state index contributed by atoms with van der Waals surface area (Å²) in [6, 6.07) is 6.28. The zero-order valence-electron chi connectivity index (χ0n) is 31.8. The molecule has 3 fully saturated rings. The number of aromatic hydroxyl groups is 1. The second kappa shape index (κ2) is 18.3. The molecule has 4 aromatic rings. The number of nitrogens with one attached hydrogen (secondary N) is 1. The van der Waals surface area contributed by atoms with E-state index in [4.69, 9.17) is 16.1 Å². The molecule has 12 heteroatoms. The zero-order valence-corrected chi connectivity index (χ0v) is 31.8. The van der Waals surface area contributed by atoms with Crippen molar-refractivity contribution >= 4 is 33.3 Å². The number of rotatable bonds is 14. The number of fused-ring (bicyclic) bond motifs is 4. The normalized spacial score (nSPS) is 18.8. The molecule has 3 saturated heterocycles. The van der Waals surface area contributed by atoms with Gasteiger partial charge in [0, 0.05) is 81.5 Å². The smallest absolute Gasteiger partial charge is 0.319 e. The van der Waals surface area contributed by atoms with Crippen LogP contribution in [0.5, 0.6) is 11.8 Å². The van der Waals surface area contributed by atoms with E-state index in [1.54, 1.807) is 13.1 Å². The Kier molecular flexibility index (Phi) is 13.3. The summed E-state index contributed by atoms with van der Waals surface area (Å²) in [5.74, 6) is 1.77. The van der Waals surface area contributed by atoms with Gasteiger partial charge in [-0.25, -0.2) is 8.78 Å². The fraction of sp³-hybridized carbons (Fsp3) is 0.524. The van der Waals surface area contributed by atoms with Crippen LogP contribution in [-0.4, -0.2) is 107 Å². The van der Waals surface area contributed by atoms with Crippen molar-refractivity contribution in [1.82, 2.24) is 30.1 Å². The third-order valence-electron chi connectivity index (χ3n) is 10.7. The SMILES string of the molecule is C#Cc1c(F)ccc2cc(O)cc(-c3ncc4c(N5CC6CCC(C5)N6)nc(OCCCN5CCN(CCCCCCC(C)=O)CC5)nc4c3F)c12.CC. The highest BCUT2D eigenvalue weighted by molar-refractivity contribution is 6.03. The van der Waals surface area contributed by atoms with Crippen molar-refractivity contribution in [2.45, 2.75) is 84.2 Å². The number of ketones is 1. The highest BCUT2D eigenvalue weighted by atomic mass is 19.1. The maximum Gasteiger partial charge on any atom is 0.319 e. The van der Waals surface area contributed by atoms with E-state index in [1.165, 1.54) is 37.1 Å². The number of halogens is 2. The minimum atomic E-state index is -0.725. The molecule has 3 aliphatic rings. The van der Waals surface area contributed by atoms with Gasteiger partial charge in [0.1, 0.15) is 34.4 Å². The summed E-state index contributed by atoms with van der Waals surface area (Å²) in [4.78, 5) is 32.2. The van der Waals surface area contributed by atoms with Crippen LogP contribution >= 0.6 is 0 Å². The number of anilines is 1. The minimum Gasteiger partial charge on any atom is -0.508 e. The standard InChI is InChI=1S/C40H47F2N7O3.C2H6/c1-3-31-34(41)13-10-27-21-30(51)22-32(35(27)31)37-36(42)38-33(23-43-37)39(49-24-28-11-12-29(25-49)44-28)46-40(45-38)52-20-8-15-48-18-16-47(17-19-48)14-7-5-4-6-9-26(2)50;1-2/h1,10,13,21-23,28-29,44,51H,4-9,11-12,14-20,24-25H2,2H3;1-2H3. The highest BCUT2D eigenvalue weighted by Crippen LogP contribution is 2.39. The van der Waals surface area contributed by atoms with Crippen LogP contribution in [0.2, 0.25) is 0 Å². The van der Waals surface area contributed by atoms with Crippen molar-refractivity contribution in [3.05, 3.63) is 47.7 Å². The number of carbonyl (C=O) groups is 1. The summed E-state index contributed by atoms with van der Waals surface area (Å²) in [6.45, 7) is 13.5. The van der Waals surface area contributed by atoms with E-state index in [-0.39, 0.29) is 45.3 Å². The van der Waals surface area contributed by atoms with E-state index in [1.807, 2.05) is 13.8 Å². The lowest BCUT2D eigenvalue weighted by Crippen LogP contribution is -2.51. The number of unbranched alkanes of at least 4 members (excludes halogenated alkanes) is 3. The summed E-state index contributed by atoms with van der Waals surface area (Å²) >= 11 is 0. The van der Waals surface area contributed by atoms with Gasteiger partial charge in [0.25, 0.3) is 0 Å². The van der Waals surface area contributed by atoms with Crippen molar-refractivity contribution in [2.24, 2.45) is 0 Å². The predicted molar refractivity (Wildman–Crippen MR) is 210 cm³/mol. The number of benzene rings is 2. The maximum absolute atomic E-state index is 16.8. The first-order valence-corrected chi connectivity index (χ1v) is 19.6. The highest BCUT2D eigenvalue weighted by Gasteiger charge is 2.34. The third-order valence-corrected chi connectivity index (χ3v) is 10.7. The molecule has 54 heavy (non-hydrogen) atoms. The zero-order chi connectivity index (χ0) is 38.2. The van der Waals surface area contributed by atoms with Gasteiger partial charge in [-0.2, -0.15) is 9.97 Å². The van der Waals surface area contributed by atoms with Gasteiger partial charge in [-0.15, -0.1) is 6.42 Å². The summed E-state index contributed by atoms with van der Waals surface area (Å²) < 4.78 is 37.8. The Bertz CT molecular complexity index is 1970. The first-order chi connectivity index (χ1) is 26.3. The number of hydrogen-bond acceptors (Lipinski definition) is 10. The minimum absolute atomic E-state index is 0.0311. The van der Waals surface area contributed by atoms with Gasteiger partial charge < -0.3 is 34.7 Å². The Hall–Kier alpha value is -4.44. The average molecular weight is 742 g/mol. The number of aromatic nitrogens is 3. The topological polar surface area (TPSA) is 107 Å². The molecule has 0 amide bonds. The summed E-state index contributed by atoms with van der Waals surface area (Å²) in [7, 11) is 0. The number of hydrogen-bond donors (Lipinski definition) is 2. The molecule has 10 nitrogen and oxygen atoms in total. The molecule has 288 valence electrons. The molecule has 2 aromatic carbocycles. The van der Waals surface area contributed by atoms with E-state index in [9.17, 15) is 14.3 Å². The average Bonchev–Trinajstić information content (AvgIpc) is 3.52. The molecule has 2 atom stereocenters. The number of phenols is 1. The molecule has 0 radical (unpaired) electrons. The molecular weight excluding hydrogens is 689 g/mol. The third kappa shape index (κ3) is 9.08. The fourth-order valence-corrected chi connectivity index (χ4v) is 7.99. The maximum atomic E-state index is 16.8. The van der Waals surface area contributed by atoms with E-state index < -0.39 is 11.6 Å². The number of ether oxygens (including phenoxy) is 1.